The zero-order valence-corrected chi connectivity index (χ0v) is 8.55. The van der Waals surface area contributed by atoms with Gasteiger partial charge >= 0.3 is 0 Å². The lowest BCUT2D eigenvalue weighted by molar-refractivity contribution is 0.0937. The maximum Gasteiger partial charge on any atom is 0.273 e. The Morgan fingerprint density at radius 2 is 2.21 bits per heavy atom. The molecule has 0 saturated heterocycles. The summed E-state index contributed by atoms with van der Waals surface area (Å²) in [6.45, 7) is 5.50. The van der Waals surface area contributed by atoms with Gasteiger partial charge in [-0.1, -0.05) is 6.08 Å². The Balaban J connectivity index is 2.56. The molecule has 0 spiro atoms. The molecule has 0 fully saturated rings. The van der Waals surface area contributed by atoms with Crippen LogP contribution in [-0.4, -0.2) is 5.91 Å². The summed E-state index contributed by atoms with van der Waals surface area (Å²) in [5.41, 5.74) is 6.76. The molecule has 0 radical (unpaired) electrons. The Bertz CT molecular complexity index is 353. The van der Waals surface area contributed by atoms with E-state index in [9.17, 15) is 4.79 Å². The zero-order chi connectivity index (χ0) is 10.6. The van der Waals surface area contributed by atoms with Gasteiger partial charge in [0.1, 0.15) is 5.76 Å². The van der Waals surface area contributed by atoms with Gasteiger partial charge in [0.05, 0.1) is 11.8 Å². The first-order valence-electron chi connectivity index (χ1n) is 4.38. The van der Waals surface area contributed by atoms with Crippen molar-refractivity contribution >= 4 is 5.91 Å². The number of carbonyl (C=O) groups is 1. The van der Waals surface area contributed by atoms with Gasteiger partial charge in [-0.25, -0.2) is 0 Å². The average molecular weight is 194 g/mol. The number of furan rings is 1. The molecule has 0 bridgehead atoms. The summed E-state index contributed by atoms with van der Waals surface area (Å²) >= 11 is 0. The second-order valence-electron chi connectivity index (χ2n) is 2.94. The highest BCUT2D eigenvalue weighted by molar-refractivity contribution is 5.94. The van der Waals surface area contributed by atoms with Crippen LogP contribution < -0.4 is 10.9 Å². The molecule has 0 unspecified atom stereocenters. The number of nitrogens with one attached hydrogen (secondary N) is 2. The highest BCUT2D eigenvalue weighted by Crippen LogP contribution is 2.07. The number of allylic oxidation sites excluding steroid dienone is 2. The lowest BCUT2D eigenvalue weighted by Gasteiger charge is -2.07. The van der Waals surface area contributed by atoms with Crippen molar-refractivity contribution in [3.63, 3.8) is 0 Å². The Morgan fingerprint density at radius 1 is 1.50 bits per heavy atom. The summed E-state index contributed by atoms with van der Waals surface area (Å²) in [4.78, 5) is 11.5. The first-order chi connectivity index (χ1) is 6.65. The number of carbonyl (C=O) groups excluding carboxylic acids is 1. The van der Waals surface area contributed by atoms with E-state index in [4.69, 9.17) is 4.42 Å². The second kappa shape index (κ2) is 4.50. The summed E-state index contributed by atoms with van der Waals surface area (Å²) in [6, 6.07) is 1.64. The molecule has 0 saturated carbocycles. The Labute approximate surface area is 83.0 Å². The average Bonchev–Trinajstić information content (AvgIpc) is 2.60. The summed E-state index contributed by atoms with van der Waals surface area (Å²) in [7, 11) is 0. The summed E-state index contributed by atoms with van der Waals surface area (Å²) < 4.78 is 5.02. The maximum absolute atomic E-state index is 11.5. The van der Waals surface area contributed by atoms with Crippen LogP contribution in [0.1, 0.15) is 30.0 Å². The van der Waals surface area contributed by atoms with E-state index in [2.05, 4.69) is 10.9 Å². The Morgan fingerprint density at radius 3 is 2.71 bits per heavy atom. The third-order valence-corrected chi connectivity index (χ3v) is 1.91. The maximum atomic E-state index is 11.5. The van der Waals surface area contributed by atoms with Crippen molar-refractivity contribution in [2.24, 2.45) is 0 Å². The first kappa shape index (κ1) is 10.4. The monoisotopic (exact) mass is 194 g/mol. The van der Waals surface area contributed by atoms with E-state index in [-0.39, 0.29) is 5.91 Å². The highest BCUT2D eigenvalue weighted by atomic mass is 16.3. The molecule has 0 aliphatic rings. The third-order valence-electron chi connectivity index (χ3n) is 1.91. The summed E-state index contributed by atoms with van der Waals surface area (Å²) in [5, 5.41) is 0. The zero-order valence-electron chi connectivity index (χ0n) is 8.55. The molecule has 0 aromatic carbocycles. The lowest BCUT2D eigenvalue weighted by Crippen LogP contribution is -2.36. The molecule has 76 valence electrons. The Kier molecular flexibility index (Phi) is 3.34. The molecule has 4 nitrogen and oxygen atoms in total. The van der Waals surface area contributed by atoms with Crippen LogP contribution in [0.5, 0.6) is 0 Å². The molecular weight excluding hydrogens is 180 g/mol. The van der Waals surface area contributed by atoms with Crippen LogP contribution in [0.2, 0.25) is 0 Å². The van der Waals surface area contributed by atoms with E-state index >= 15 is 0 Å². The van der Waals surface area contributed by atoms with Gasteiger partial charge in [-0.05, 0) is 26.8 Å². The van der Waals surface area contributed by atoms with Crippen LogP contribution in [0.15, 0.2) is 28.5 Å². The highest BCUT2D eigenvalue weighted by Gasteiger charge is 2.09. The van der Waals surface area contributed by atoms with Crippen LogP contribution in [0.3, 0.4) is 0 Å². The predicted octanol–water partition coefficient (Wildman–Crippen LogP) is 1.75. The number of hydrogen-bond donors (Lipinski definition) is 2. The minimum Gasteiger partial charge on any atom is -0.469 e. The van der Waals surface area contributed by atoms with E-state index in [1.807, 2.05) is 19.9 Å². The molecule has 0 aliphatic heterocycles. The molecule has 1 aromatic heterocycles. The van der Waals surface area contributed by atoms with Crippen molar-refractivity contribution in [2.75, 3.05) is 0 Å². The number of aryl methyl sites for hydroxylation is 1. The van der Waals surface area contributed by atoms with Crippen molar-refractivity contribution in [3.05, 3.63) is 35.4 Å². The molecular formula is C10H14N2O2. The molecule has 1 heterocycles. The van der Waals surface area contributed by atoms with E-state index < -0.39 is 0 Å². The van der Waals surface area contributed by atoms with Gasteiger partial charge in [-0.3, -0.25) is 10.2 Å². The summed E-state index contributed by atoms with van der Waals surface area (Å²) in [6.07, 6.45) is 3.36. The fraction of sp³-hybridized carbons (Fsp3) is 0.300. The van der Waals surface area contributed by atoms with E-state index in [0.717, 1.165) is 5.70 Å². The largest absolute Gasteiger partial charge is 0.469 e. The van der Waals surface area contributed by atoms with Gasteiger partial charge in [0.15, 0.2) is 0 Å². The van der Waals surface area contributed by atoms with Crippen molar-refractivity contribution in [1.29, 1.82) is 0 Å². The van der Waals surface area contributed by atoms with Crippen LogP contribution in [0.4, 0.5) is 0 Å². The minimum absolute atomic E-state index is 0.197. The minimum atomic E-state index is -0.197. The van der Waals surface area contributed by atoms with Crippen molar-refractivity contribution in [3.8, 4) is 0 Å². The second-order valence-corrected chi connectivity index (χ2v) is 2.94. The van der Waals surface area contributed by atoms with Gasteiger partial charge in [0.2, 0.25) is 0 Å². The van der Waals surface area contributed by atoms with Gasteiger partial charge in [0, 0.05) is 5.70 Å². The normalized spacial score (nSPS) is 11.2. The number of hydrazine groups is 1. The standard InChI is InChI=1S/C10H14N2O2/c1-4-7(2)11-12-10(13)9-5-6-14-8(9)3/h4-6,11H,1-3H3,(H,12,13). The van der Waals surface area contributed by atoms with Crippen LogP contribution in [0.25, 0.3) is 0 Å². The summed E-state index contributed by atoms with van der Waals surface area (Å²) in [5.74, 6) is 0.417. The van der Waals surface area contributed by atoms with Crippen molar-refractivity contribution in [1.82, 2.24) is 10.9 Å². The van der Waals surface area contributed by atoms with Gasteiger partial charge in [-0.2, -0.15) is 0 Å². The number of rotatable bonds is 3. The Hall–Kier alpha value is -1.71. The van der Waals surface area contributed by atoms with E-state index in [1.54, 1.807) is 13.0 Å². The lowest BCUT2D eigenvalue weighted by atomic mass is 10.2. The van der Waals surface area contributed by atoms with Gasteiger partial charge < -0.3 is 9.84 Å². The SMILES string of the molecule is CC=C(C)NNC(=O)c1ccoc1C. The molecule has 1 aromatic rings. The molecule has 1 rings (SSSR count). The fourth-order valence-electron chi connectivity index (χ4n) is 0.915. The first-order valence-corrected chi connectivity index (χ1v) is 4.38. The smallest absolute Gasteiger partial charge is 0.273 e. The topological polar surface area (TPSA) is 54.3 Å². The number of hydrogen-bond acceptors (Lipinski definition) is 3. The van der Waals surface area contributed by atoms with Crippen LogP contribution >= 0.6 is 0 Å². The third kappa shape index (κ3) is 2.39. The van der Waals surface area contributed by atoms with Crippen LogP contribution in [0, 0.1) is 6.92 Å². The molecule has 1 amide bonds. The quantitative estimate of drug-likeness (QED) is 0.721. The van der Waals surface area contributed by atoms with Crippen molar-refractivity contribution in [2.45, 2.75) is 20.8 Å². The molecule has 2 N–H and O–H groups in total. The molecule has 0 aliphatic carbocycles. The fourth-order valence-corrected chi connectivity index (χ4v) is 0.915. The number of amides is 1. The molecule has 0 atom stereocenters. The van der Waals surface area contributed by atoms with E-state index in [1.165, 1.54) is 6.26 Å². The molecule has 4 heteroatoms. The van der Waals surface area contributed by atoms with Crippen LogP contribution in [-0.2, 0) is 0 Å². The van der Waals surface area contributed by atoms with Gasteiger partial charge in [-0.15, -0.1) is 0 Å². The van der Waals surface area contributed by atoms with Crippen molar-refractivity contribution < 1.29 is 9.21 Å². The van der Waals surface area contributed by atoms with Gasteiger partial charge in [0.25, 0.3) is 5.91 Å². The molecule has 14 heavy (non-hydrogen) atoms. The predicted molar refractivity (Wildman–Crippen MR) is 53.5 cm³/mol. The van der Waals surface area contributed by atoms with E-state index in [0.29, 0.717) is 11.3 Å².